The fourth-order valence-electron chi connectivity index (χ4n) is 3.53. The third-order valence-electron chi connectivity index (χ3n) is 5.01. The Hall–Kier alpha value is -2.32. The van der Waals surface area contributed by atoms with Crippen LogP contribution >= 0.6 is 22.9 Å². The van der Waals surface area contributed by atoms with Gasteiger partial charge in [0, 0.05) is 41.2 Å². The van der Waals surface area contributed by atoms with Crippen LogP contribution in [0.4, 0.5) is 0 Å². The predicted molar refractivity (Wildman–Crippen MR) is 108 cm³/mol. The minimum absolute atomic E-state index is 0.0452. The summed E-state index contributed by atoms with van der Waals surface area (Å²) in [6.07, 6.45) is 4.48. The summed E-state index contributed by atoms with van der Waals surface area (Å²) in [6.45, 7) is 3.42. The number of carbonyl (C=O) groups excluding carboxylic acids is 1. The molecular formula is C19H21ClN6OS. The molecular weight excluding hydrogens is 396 g/mol. The van der Waals surface area contributed by atoms with E-state index in [-0.39, 0.29) is 5.91 Å². The Bertz CT molecular complexity index is 926. The number of halogens is 1. The number of amides is 1. The van der Waals surface area contributed by atoms with E-state index in [1.807, 2.05) is 35.5 Å². The van der Waals surface area contributed by atoms with Crippen molar-refractivity contribution in [1.82, 2.24) is 30.1 Å². The molecule has 0 spiro atoms. The molecule has 1 fully saturated rings. The van der Waals surface area contributed by atoms with Crippen molar-refractivity contribution in [3.05, 3.63) is 45.9 Å². The Kier molecular flexibility index (Phi) is 5.68. The van der Waals surface area contributed by atoms with Gasteiger partial charge in [-0.15, -0.1) is 21.5 Å². The van der Waals surface area contributed by atoms with Crippen LogP contribution in [0.3, 0.4) is 0 Å². The molecule has 1 saturated heterocycles. The number of aromatic nitrogens is 5. The molecule has 0 radical (unpaired) electrons. The van der Waals surface area contributed by atoms with E-state index in [0.29, 0.717) is 29.7 Å². The Balaban J connectivity index is 1.50. The number of hydrogen-bond donors (Lipinski definition) is 0. The van der Waals surface area contributed by atoms with Crippen molar-refractivity contribution in [3.8, 4) is 11.4 Å². The minimum atomic E-state index is -0.455. The van der Waals surface area contributed by atoms with Gasteiger partial charge in [0.25, 0.3) is 0 Å². The van der Waals surface area contributed by atoms with E-state index in [0.717, 1.165) is 30.0 Å². The highest BCUT2D eigenvalue weighted by Crippen LogP contribution is 2.29. The summed E-state index contributed by atoms with van der Waals surface area (Å²) < 4.78 is 0. The van der Waals surface area contributed by atoms with Crippen LogP contribution in [0.2, 0.25) is 5.02 Å². The van der Waals surface area contributed by atoms with E-state index in [9.17, 15) is 4.79 Å². The first-order valence-corrected chi connectivity index (χ1v) is 10.6. The highest BCUT2D eigenvalue weighted by Gasteiger charge is 2.31. The van der Waals surface area contributed by atoms with Crippen molar-refractivity contribution in [3.63, 3.8) is 0 Å². The Labute approximate surface area is 172 Å². The van der Waals surface area contributed by atoms with E-state index < -0.39 is 6.04 Å². The van der Waals surface area contributed by atoms with Crippen molar-refractivity contribution in [2.75, 3.05) is 13.1 Å². The third kappa shape index (κ3) is 3.93. The Morgan fingerprint density at radius 3 is 2.89 bits per heavy atom. The Morgan fingerprint density at radius 1 is 1.36 bits per heavy atom. The first kappa shape index (κ1) is 19.0. The lowest BCUT2D eigenvalue weighted by molar-refractivity contribution is -0.136. The molecule has 0 saturated carbocycles. The predicted octanol–water partition coefficient (Wildman–Crippen LogP) is 3.81. The molecule has 1 aliphatic heterocycles. The van der Waals surface area contributed by atoms with Gasteiger partial charge in [-0.05, 0) is 48.7 Å². The molecule has 3 heterocycles. The van der Waals surface area contributed by atoms with Crippen molar-refractivity contribution in [1.29, 1.82) is 0 Å². The molecule has 2 aromatic heterocycles. The highest BCUT2D eigenvalue weighted by atomic mass is 35.5. The second-order valence-corrected chi connectivity index (χ2v) is 8.22. The normalized spacial score (nSPS) is 18.2. The molecule has 0 bridgehead atoms. The van der Waals surface area contributed by atoms with E-state index in [1.54, 1.807) is 23.5 Å². The summed E-state index contributed by atoms with van der Waals surface area (Å²) in [6, 6.07) is 6.80. The second kappa shape index (κ2) is 8.36. The summed E-state index contributed by atoms with van der Waals surface area (Å²) in [5, 5.41) is 16.5. The van der Waals surface area contributed by atoms with E-state index in [2.05, 4.69) is 20.4 Å². The van der Waals surface area contributed by atoms with Gasteiger partial charge in [-0.3, -0.25) is 4.79 Å². The summed E-state index contributed by atoms with van der Waals surface area (Å²) >= 11 is 7.60. The van der Waals surface area contributed by atoms with Crippen LogP contribution in [0.15, 0.2) is 35.8 Å². The van der Waals surface area contributed by atoms with Crippen LogP contribution in [0.5, 0.6) is 0 Å². The van der Waals surface area contributed by atoms with E-state index >= 15 is 0 Å². The number of nitrogens with zero attached hydrogens (tertiary/aromatic N) is 6. The number of likely N-dealkylation sites (tertiary alicyclic amines) is 1. The molecule has 2 unspecified atom stereocenters. The molecule has 9 heteroatoms. The molecule has 7 nitrogen and oxygen atoms in total. The summed E-state index contributed by atoms with van der Waals surface area (Å²) in [5.74, 6) is 0.842. The van der Waals surface area contributed by atoms with Gasteiger partial charge in [-0.1, -0.05) is 18.5 Å². The van der Waals surface area contributed by atoms with E-state index in [4.69, 9.17) is 11.6 Å². The maximum atomic E-state index is 13.2. The van der Waals surface area contributed by atoms with Gasteiger partial charge in [0.2, 0.25) is 11.7 Å². The molecule has 4 rings (SSSR count). The van der Waals surface area contributed by atoms with Crippen molar-refractivity contribution < 1.29 is 4.79 Å². The van der Waals surface area contributed by atoms with Crippen LogP contribution in [-0.2, 0) is 4.79 Å². The van der Waals surface area contributed by atoms with Gasteiger partial charge in [0.15, 0.2) is 6.04 Å². The van der Waals surface area contributed by atoms with Crippen molar-refractivity contribution in [2.45, 2.75) is 38.1 Å². The topological polar surface area (TPSA) is 76.8 Å². The number of carbonyl (C=O) groups is 1. The highest BCUT2D eigenvalue weighted by molar-refractivity contribution is 7.09. The van der Waals surface area contributed by atoms with Gasteiger partial charge in [0.05, 0.1) is 5.01 Å². The Morgan fingerprint density at radius 2 is 2.18 bits per heavy atom. The van der Waals surface area contributed by atoms with Gasteiger partial charge in [0.1, 0.15) is 0 Å². The molecule has 3 aromatic rings. The molecule has 28 heavy (non-hydrogen) atoms. The molecule has 0 N–H and O–H groups in total. The van der Waals surface area contributed by atoms with Gasteiger partial charge >= 0.3 is 0 Å². The SMILES string of the molecule is CCC(C(=O)N1CCCC(c2nccs2)C1)n1nnc(-c2ccc(Cl)cc2)n1. The number of rotatable bonds is 5. The van der Waals surface area contributed by atoms with Crippen LogP contribution in [0.25, 0.3) is 11.4 Å². The van der Waals surface area contributed by atoms with Crippen LogP contribution in [0, 0.1) is 0 Å². The first-order chi connectivity index (χ1) is 13.7. The number of hydrogen-bond acceptors (Lipinski definition) is 6. The van der Waals surface area contributed by atoms with Crippen LogP contribution in [-0.4, -0.2) is 49.1 Å². The molecule has 2 atom stereocenters. The van der Waals surface area contributed by atoms with Crippen LogP contribution in [0.1, 0.15) is 43.2 Å². The standard InChI is InChI=1S/C19H21ClN6OS/c1-2-16(26-23-17(22-24-26)13-5-7-15(20)8-6-13)19(27)25-10-3-4-14(12-25)18-21-9-11-28-18/h5-9,11,14,16H,2-4,10,12H2,1H3. The lowest BCUT2D eigenvalue weighted by Gasteiger charge is -2.33. The van der Waals surface area contributed by atoms with Gasteiger partial charge in [-0.2, -0.15) is 4.80 Å². The van der Waals surface area contributed by atoms with E-state index in [1.165, 1.54) is 4.80 Å². The number of piperidine rings is 1. The monoisotopic (exact) mass is 416 g/mol. The number of benzene rings is 1. The third-order valence-corrected chi connectivity index (χ3v) is 6.20. The average Bonchev–Trinajstić information content (AvgIpc) is 3.42. The molecule has 1 amide bonds. The van der Waals surface area contributed by atoms with Crippen LogP contribution < -0.4 is 0 Å². The summed E-state index contributed by atoms with van der Waals surface area (Å²) in [7, 11) is 0. The lowest BCUT2D eigenvalue weighted by atomic mass is 9.98. The van der Waals surface area contributed by atoms with Gasteiger partial charge < -0.3 is 4.90 Å². The molecule has 146 valence electrons. The molecule has 1 aliphatic rings. The summed E-state index contributed by atoms with van der Waals surface area (Å²) in [4.78, 5) is 21.0. The zero-order chi connectivity index (χ0) is 19.5. The average molecular weight is 417 g/mol. The number of thiazole rings is 1. The zero-order valence-electron chi connectivity index (χ0n) is 15.5. The molecule has 1 aromatic carbocycles. The van der Waals surface area contributed by atoms with Gasteiger partial charge in [-0.25, -0.2) is 4.98 Å². The first-order valence-electron chi connectivity index (χ1n) is 9.39. The fraction of sp³-hybridized carbons (Fsp3) is 0.421. The smallest absolute Gasteiger partial charge is 0.249 e. The van der Waals surface area contributed by atoms with Crippen molar-refractivity contribution >= 4 is 28.8 Å². The minimum Gasteiger partial charge on any atom is -0.340 e. The summed E-state index contributed by atoms with van der Waals surface area (Å²) in [5.41, 5.74) is 0.819. The maximum absolute atomic E-state index is 13.2. The largest absolute Gasteiger partial charge is 0.340 e. The quantitative estimate of drug-likeness (QED) is 0.632. The molecule has 0 aliphatic carbocycles. The second-order valence-electron chi connectivity index (χ2n) is 6.86. The van der Waals surface area contributed by atoms with Crippen molar-refractivity contribution in [2.24, 2.45) is 0 Å². The fourth-order valence-corrected chi connectivity index (χ4v) is 4.43. The maximum Gasteiger partial charge on any atom is 0.249 e. The zero-order valence-corrected chi connectivity index (χ0v) is 17.1. The number of tetrazole rings is 1. The lowest BCUT2D eigenvalue weighted by Crippen LogP contribution is -2.43.